The fraction of sp³-hybridized carbons (Fsp3) is 0. The number of anilines is 1. The van der Waals surface area contributed by atoms with Crippen molar-refractivity contribution >= 4 is 32.7 Å². The topological polar surface area (TPSA) is 52.0 Å². The van der Waals surface area contributed by atoms with Gasteiger partial charge in [-0.2, -0.15) is 0 Å². The van der Waals surface area contributed by atoms with Gasteiger partial charge < -0.3 is 10.3 Å². The third-order valence-corrected chi connectivity index (χ3v) is 1.96. The number of hydrogen-bond acceptors (Lipinski definition) is 3. The number of hydrogen-bond donors (Lipinski definition) is 1. The molecule has 0 aliphatic rings. The Morgan fingerprint density at radius 3 is 3.09 bits per heavy atom. The van der Waals surface area contributed by atoms with Gasteiger partial charge in [0.05, 0.1) is 5.39 Å². The molecule has 0 fully saturated rings. The van der Waals surface area contributed by atoms with Crippen molar-refractivity contribution in [1.29, 1.82) is 0 Å². The second-order valence-electron chi connectivity index (χ2n) is 2.21. The van der Waals surface area contributed by atoms with Crippen LogP contribution >= 0.6 is 15.9 Å². The normalized spacial score (nSPS) is 10.6. The van der Waals surface area contributed by atoms with Gasteiger partial charge in [-0.25, -0.2) is 0 Å². The molecule has 2 N–H and O–H groups in total. The number of nitrogens with two attached hydrogens (primary N) is 1. The molecule has 1 aromatic heterocycles. The van der Waals surface area contributed by atoms with E-state index in [-0.39, 0.29) is 0 Å². The number of rotatable bonds is 0. The van der Waals surface area contributed by atoms with Crippen molar-refractivity contribution in [3.8, 4) is 0 Å². The minimum Gasteiger partial charge on any atom is -0.367 e. The van der Waals surface area contributed by atoms with Crippen LogP contribution < -0.4 is 5.73 Å². The molecule has 0 bridgehead atoms. The van der Waals surface area contributed by atoms with Crippen LogP contribution in [-0.2, 0) is 0 Å². The van der Waals surface area contributed by atoms with Gasteiger partial charge in [0.15, 0.2) is 0 Å². The number of fused-ring (bicyclic) bond motifs is 1. The van der Waals surface area contributed by atoms with E-state index in [0.717, 1.165) is 15.4 Å². The first kappa shape index (κ1) is 6.67. The lowest BCUT2D eigenvalue weighted by molar-refractivity contribution is 0.445. The molecular formula is C7H5BrN2O. The molecule has 0 saturated carbocycles. The van der Waals surface area contributed by atoms with Gasteiger partial charge in [0.1, 0.15) is 5.52 Å². The van der Waals surface area contributed by atoms with Crippen LogP contribution in [0.4, 0.5) is 5.88 Å². The van der Waals surface area contributed by atoms with Crippen LogP contribution in [0.15, 0.2) is 27.2 Å². The van der Waals surface area contributed by atoms with E-state index in [0.29, 0.717) is 5.88 Å². The molecule has 11 heavy (non-hydrogen) atoms. The summed E-state index contributed by atoms with van der Waals surface area (Å²) in [5, 5.41) is 4.60. The largest absolute Gasteiger partial charge is 0.367 e. The van der Waals surface area contributed by atoms with Crippen molar-refractivity contribution in [3.63, 3.8) is 0 Å². The van der Waals surface area contributed by atoms with Crippen molar-refractivity contribution in [2.24, 2.45) is 0 Å². The Morgan fingerprint density at radius 2 is 2.27 bits per heavy atom. The van der Waals surface area contributed by atoms with E-state index in [1.54, 1.807) is 0 Å². The zero-order chi connectivity index (χ0) is 7.84. The monoisotopic (exact) mass is 212 g/mol. The van der Waals surface area contributed by atoms with Crippen LogP contribution in [0, 0.1) is 0 Å². The maximum absolute atomic E-state index is 5.48. The van der Waals surface area contributed by atoms with Crippen molar-refractivity contribution in [3.05, 3.63) is 22.7 Å². The summed E-state index contributed by atoms with van der Waals surface area (Å²) in [6, 6.07) is 5.62. The van der Waals surface area contributed by atoms with Crippen LogP contribution in [0.25, 0.3) is 10.9 Å². The summed E-state index contributed by atoms with van der Waals surface area (Å²) in [4.78, 5) is 0. The molecule has 0 aliphatic carbocycles. The molecule has 0 spiro atoms. The fourth-order valence-corrected chi connectivity index (χ4v) is 1.29. The lowest BCUT2D eigenvalue weighted by Crippen LogP contribution is -1.79. The van der Waals surface area contributed by atoms with E-state index < -0.39 is 0 Å². The summed E-state index contributed by atoms with van der Waals surface area (Å²) in [6.45, 7) is 0. The summed E-state index contributed by atoms with van der Waals surface area (Å²) in [6.07, 6.45) is 0. The third kappa shape index (κ3) is 0.991. The van der Waals surface area contributed by atoms with Crippen molar-refractivity contribution < 1.29 is 4.52 Å². The molecule has 2 rings (SSSR count). The van der Waals surface area contributed by atoms with Gasteiger partial charge in [0, 0.05) is 4.47 Å². The minimum atomic E-state index is 0.368. The first-order chi connectivity index (χ1) is 5.27. The van der Waals surface area contributed by atoms with E-state index in [1.807, 2.05) is 18.2 Å². The summed E-state index contributed by atoms with van der Waals surface area (Å²) in [7, 11) is 0. The highest BCUT2D eigenvalue weighted by atomic mass is 79.9. The maximum Gasteiger partial charge on any atom is 0.230 e. The summed E-state index contributed by atoms with van der Waals surface area (Å²) in [5.74, 6) is 0.368. The van der Waals surface area contributed by atoms with Crippen molar-refractivity contribution in [2.75, 3.05) is 5.73 Å². The van der Waals surface area contributed by atoms with Crippen molar-refractivity contribution in [2.45, 2.75) is 0 Å². The molecule has 2 aromatic rings. The van der Waals surface area contributed by atoms with Crippen LogP contribution in [0.1, 0.15) is 0 Å². The van der Waals surface area contributed by atoms with Crippen LogP contribution in [0.3, 0.4) is 0 Å². The highest BCUT2D eigenvalue weighted by molar-refractivity contribution is 9.10. The van der Waals surface area contributed by atoms with Gasteiger partial charge >= 0.3 is 0 Å². The van der Waals surface area contributed by atoms with E-state index in [1.165, 1.54) is 0 Å². The van der Waals surface area contributed by atoms with Crippen LogP contribution in [-0.4, -0.2) is 5.16 Å². The van der Waals surface area contributed by atoms with Gasteiger partial charge in [-0.1, -0.05) is 21.1 Å². The molecule has 1 aromatic carbocycles. The second kappa shape index (κ2) is 2.23. The first-order valence-electron chi connectivity index (χ1n) is 3.08. The van der Waals surface area contributed by atoms with Gasteiger partial charge in [-0.3, -0.25) is 0 Å². The quantitative estimate of drug-likeness (QED) is 0.729. The smallest absolute Gasteiger partial charge is 0.230 e. The van der Waals surface area contributed by atoms with Crippen LogP contribution in [0.5, 0.6) is 0 Å². The Hall–Kier alpha value is -1.03. The summed E-state index contributed by atoms with van der Waals surface area (Å²) in [5.41, 5.74) is 6.26. The highest BCUT2D eigenvalue weighted by Gasteiger charge is 2.03. The van der Waals surface area contributed by atoms with Gasteiger partial charge in [-0.15, -0.1) is 0 Å². The van der Waals surface area contributed by atoms with Gasteiger partial charge in [-0.05, 0) is 18.2 Å². The fourth-order valence-electron chi connectivity index (χ4n) is 0.936. The molecule has 1 heterocycles. The molecule has 0 radical (unpaired) electrons. The van der Waals surface area contributed by atoms with Gasteiger partial charge in [0.2, 0.25) is 5.88 Å². The molecule has 0 atom stereocenters. The highest BCUT2D eigenvalue weighted by Crippen LogP contribution is 2.23. The van der Waals surface area contributed by atoms with E-state index >= 15 is 0 Å². The molecular weight excluding hydrogens is 208 g/mol. The van der Waals surface area contributed by atoms with Gasteiger partial charge in [0.25, 0.3) is 0 Å². The predicted octanol–water partition coefficient (Wildman–Crippen LogP) is 2.17. The van der Waals surface area contributed by atoms with E-state index in [4.69, 9.17) is 10.3 Å². The Kier molecular flexibility index (Phi) is 1.35. The molecule has 0 amide bonds. The number of halogens is 1. The Labute approximate surface area is 71.3 Å². The lowest BCUT2D eigenvalue weighted by atomic mass is 10.2. The maximum atomic E-state index is 5.48. The number of aromatic nitrogens is 1. The second-order valence-corrected chi connectivity index (χ2v) is 3.12. The zero-order valence-electron chi connectivity index (χ0n) is 5.54. The Bertz CT molecular complexity index is 396. The molecule has 56 valence electrons. The van der Waals surface area contributed by atoms with Crippen LogP contribution in [0.2, 0.25) is 0 Å². The Balaban J connectivity index is 2.86. The third-order valence-electron chi connectivity index (χ3n) is 1.47. The predicted molar refractivity (Wildman–Crippen MR) is 46.1 cm³/mol. The zero-order valence-corrected chi connectivity index (χ0v) is 7.13. The number of nitrogens with zero attached hydrogens (tertiary/aromatic N) is 1. The summed E-state index contributed by atoms with van der Waals surface area (Å²) >= 11 is 3.32. The lowest BCUT2D eigenvalue weighted by Gasteiger charge is -1.87. The summed E-state index contributed by atoms with van der Waals surface area (Å²) < 4.78 is 5.75. The van der Waals surface area contributed by atoms with E-state index in [9.17, 15) is 0 Å². The molecule has 0 saturated heterocycles. The first-order valence-corrected chi connectivity index (χ1v) is 3.87. The number of nitrogen functional groups attached to an aromatic ring is 1. The average molecular weight is 213 g/mol. The standard InChI is InChI=1S/C7H5BrN2O/c8-4-1-2-5-6(3-4)10-11-7(5)9/h1-3H,9H2. The molecule has 4 heteroatoms. The molecule has 3 nitrogen and oxygen atoms in total. The van der Waals surface area contributed by atoms with Crippen molar-refractivity contribution in [1.82, 2.24) is 5.16 Å². The Morgan fingerprint density at radius 1 is 1.45 bits per heavy atom. The molecule has 0 aliphatic heterocycles. The minimum absolute atomic E-state index is 0.368. The number of benzene rings is 1. The van der Waals surface area contributed by atoms with E-state index in [2.05, 4.69) is 21.1 Å². The molecule has 0 unspecified atom stereocenters. The SMILES string of the molecule is Nc1onc2cc(Br)ccc12. The average Bonchev–Trinajstić information content (AvgIpc) is 2.32.